The number of hydrogen-bond acceptors (Lipinski definition) is 4. The van der Waals surface area contributed by atoms with Gasteiger partial charge in [0.25, 0.3) is 0 Å². The number of nitrogen functional groups attached to an aromatic ring is 1. The highest BCUT2D eigenvalue weighted by atomic mass is 16.4. The van der Waals surface area contributed by atoms with Crippen molar-refractivity contribution in [1.82, 2.24) is 0 Å². The van der Waals surface area contributed by atoms with Crippen LogP contribution in [0.2, 0.25) is 0 Å². The summed E-state index contributed by atoms with van der Waals surface area (Å²) >= 11 is 0. The first-order valence-corrected chi connectivity index (χ1v) is 6.56. The van der Waals surface area contributed by atoms with Gasteiger partial charge in [-0.3, -0.25) is 0 Å². The molecule has 0 radical (unpaired) electrons. The first-order valence-electron chi connectivity index (χ1n) is 6.56. The van der Waals surface area contributed by atoms with E-state index in [0.717, 1.165) is 25.1 Å². The Kier molecular flexibility index (Phi) is 3.95. The summed E-state index contributed by atoms with van der Waals surface area (Å²) in [5.74, 6) is -0.972. The highest BCUT2D eigenvalue weighted by molar-refractivity contribution is 5.90. The van der Waals surface area contributed by atoms with Gasteiger partial charge in [-0.15, -0.1) is 0 Å². The number of rotatable bonds is 4. The quantitative estimate of drug-likeness (QED) is 0.721. The third-order valence-corrected chi connectivity index (χ3v) is 3.57. The Hall–Kier alpha value is -1.75. The molecule has 2 unspecified atom stereocenters. The van der Waals surface area contributed by atoms with Crippen LogP contribution in [-0.2, 0) is 0 Å². The summed E-state index contributed by atoms with van der Waals surface area (Å²) in [6, 6.07) is 5.11. The fourth-order valence-electron chi connectivity index (χ4n) is 2.74. The van der Waals surface area contributed by atoms with E-state index in [1.54, 1.807) is 19.1 Å². The molecule has 1 saturated heterocycles. The molecule has 19 heavy (non-hydrogen) atoms. The number of nitrogens with zero attached hydrogens (tertiary/aromatic N) is 1. The van der Waals surface area contributed by atoms with E-state index in [2.05, 4.69) is 4.90 Å². The highest BCUT2D eigenvalue weighted by Crippen LogP contribution is 2.32. The smallest absolute Gasteiger partial charge is 0.335 e. The Morgan fingerprint density at radius 3 is 2.89 bits per heavy atom. The van der Waals surface area contributed by atoms with E-state index in [-0.39, 0.29) is 17.7 Å². The monoisotopic (exact) mass is 264 g/mol. The van der Waals surface area contributed by atoms with Crippen LogP contribution in [0.25, 0.3) is 0 Å². The summed E-state index contributed by atoms with van der Waals surface area (Å²) in [5.41, 5.74) is 7.52. The van der Waals surface area contributed by atoms with E-state index in [4.69, 9.17) is 10.8 Å². The van der Waals surface area contributed by atoms with Crippen molar-refractivity contribution in [2.24, 2.45) is 0 Å². The zero-order chi connectivity index (χ0) is 14.0. The molecule has 5 heteroatoms. The van der Waals surface area contributed by atoms with E-state index < -0.39 is 5.97 Å². The molecule has 1 aliphatic heterocycles. The lowest BCUT2D eigenvalue weighted by Crippen LogP contribution is -2.32. The molecule has 1 aromatic carbocycles. The van der Waals surface area contributed by atoms with Crippen LogP contribution in [0.3, 0.4) is 0 Å². The summed E-state index contributed by atoms with van der Waals surface area (Å²) in [4.78, 5) is 13.1. The van der Waals surface area contributed by atoms with Crippen molar-refractivity contribution in [2.75, 3.05) is 17.2 Å². The molecule has 0 aromatic heterocycles. The van der Waals surface area contributed by atoms with Gasteiger partial charge in [-0.25, -0.2) is 4.79 Å². The minimum atomic E-state index is -0.972. The summed E-state index contributed by atoms with van der Waals surface area (Å²) in [6.07, 6.45) is 2.47. The predicted molar refractivity (Wildman–Crippen MR) is 74.5 cm³/mol. The number of carboxylic acids is 1. The summed E-state index contributed by atoms with van der Waals surface area (Å²) in [6.45, 7) is 2.68. The average molecular weight is 264 g/mol. The second-order valence-corrected chi connectivity index (χ2v) is 5.15. The first-order chi connectivity index (χ1) is 8.99. The van der Waals surface area contributed by atoms with Crippen molar-refractivity contribution < 1.29 is 15.0 Å². The van der Waals surface area contributed by atoms with Crippen LogP contribution in [0.5, 0.6) is 0 Å². The normalized spacial score (nSPS) is 20.5. The fraction of sp³-hybridized carbons (Fsp3) is 0.500. The van der Waals surface area contributed by atoms with Gasteiger partial charge in [0.2, 0.25) is 0 Å². The molecule has 4 N–H and O–H groups in total. The lowest BCUT2D eigenvalue weighted by Gasteiger charge is -2.29. The average Bonchev–Trinajstić information content (AvgIpc) is 2.75. The maximum Gasteiger partial charge on any atom is 0.335 e. The van der Waals surface area contributed by atoms with Gasteiger partial charge in [-0.1, -0.05) is 0 Å². The second-order valence-electron chi connectivity index (χ2n) is 5.15. The maximum atomic E-state index is 10.9. The molecule has 0 amide bonds. The molecule has 104 valence electrons. The minimum absolute atomic E-state index is 0.201. The number of aliphatic hydroxyl groups excluding tert-OH is 1. The number of nitrogens with two attached hydrogens (primary N) is 1. The second kappa shape index (κ2) is 5.48. The van der Waals surface area contributed by atoms with Gasteiger partial charge in [-0.2, -0.15) is 0 Å². The molecule has 1 aliphatic rings. The molecule has 1 heterocycles. The first kappa shape index (κ1) is 13.7. The van der Waals surface area contributed by atoms with E-state index in [9.17, 15) is 9.90 Å². The molecule has 1 aromatic rings. The lowest BCUT2D eigenvalue weighted by molar-refractivity contribution is 0.0697. The summed E-state index contributed by atoms with van der Waals surface area (Å²) < 4.78 is 0. The van der Waals surface area contributed by atoms with E-state index in [1.165, 1.54) is 6.07 Å². The van der Waals surface area contributed by atoms with Crippen LogP contribution in [0.15, 0.2) is 18.2 Å². The molecule has 2 atom stereocenters. The number of anilines is 2. The summed E-state index contributed by atoms with van der Waals surface area (Å²) in [7, 11) is 0. The molecular formula is C14H20N2O3. The van der Waals surface area contributed by atoms with Gasteiger partial charge in [0.1, 0.15) is 0 Å². The van der Waals surface area contributed by atoms with Crippen molar-refractivity contribution in [1.29, 1.82) is 0 Å². The number of aliphatic hydroxyl groups is 1. The Balaban J connectivity index is 2.23. The van der Waals surface area contributed by atoms with Gasteiger partial charge in [0.15, 0.2) is 0 Å². The standard InChI is InChI=1S/C14H20N2O3/c1-9(17)7-11-3-2-6-16(11)13-5-4-10(14(18)19)8-12(13)15/h4-5,8-9,11,17H,2-3,6-7,15H2,1H3,(H,18,19). The van der Waals surface area contributed by atoms with E-state index >= 15 is 0 Å². The van der Waals surface area contributed by atoms with Crippen molar-refractivity contribution in [2.45, 2.75) is 38.3 Å². The Morgan fingerprint density at radius 1 is 1.58 bits per heavy atom. The molecular weight excluding hydrogens is 244 g/mol. The van der Waals surface area contributed by atoms with Gasteiger partial charge in [0, 0.05) is 12.6 Å². The van der Waals surface area contributed by atoms with E-state index in [1.807, 2.05) is 0 Å². The third-order valence-electron chi connectivity index (χ3n) is 3.57. The van der Waals surface area contributed by atoms with Gasteiger partial charge >= 0.3 is 5.97 Å². The summed E-state index contributed by atoms with van der Waals surface area (Å²) in [5, 5.41) is 18.5. The topological polar surface area (TPSA) is 86.8 Å². The SMILES string of the molecule is CC(O)CC1CCCN1c1ccc(C(=O)O)cc1N. The fourth-order valence-corrected chi connectivity index (χ4v) is 2.74. The van der Waals surface area contributed by atoms with Crippen molar-refractivity contribution in [3.63, 3.8) is 0 Å². The molecule has 1 fully saturated rings. The zero-order valence-electron chi connectivity index (χ0n) is 11.0. The largest absolute Gasteiger partial charge is 0.478 e. The molecule has 0 aliphatic carbocycles. The van der Waals surface area contributed by atoms with Gasteiger partial charge in [-0.05, 0) is 44.4 Å². The van der Waals surface area contributed by atoms with Crippen LogP contribution in [-0.4, -0.2) is 34.9 Å². The maximum absolute atomic E-state index is 10.9. The third kappa shape index (κ3) is 2.98. The zero-order valence-corrected chi connectivity index (χ0v) is 11.0. The molecule has 0 saturated carbocycles. The van der Waals surface area contributed by atoms with Crippen molar-refractivity contribution in [3.8, 4) is 0 Å². The van der Waals surface area contributed by atoms with E-state index in [0.29, 0.717) is 12.1 Å². The highest BCUT2D eigenvalue weighted by Gasteiger charge is 2.27. The number of benzene rings is 1. The number of aromatic carboxylic acids is 1. The van der Waals surface area contributed by atoms with Crippen LogP contribution >= 0.6 is 0 Å². The molecule has 2 rings (SSSR count). The van der Waals surface area contributed by atoms with Gasteiger partial charge in [0.05, 0.1) is 23.0 Å². The molecule has 0 spiro atoms. The van der Waals surface area contributed by atoms with Crippen LogP contribution < -0.4 is 10.6 Å². The molecule has 5 nitrogen and oxygen atoms in total. The van der Waals surface area contributed by atoms with Crippen LogP contribution in [0.1, 0.15) is 36.5 Å². The molecule has 0 bridgehead atoms. The van der Waals surface area contributed by atoms with Crippen molar-refractivity contribution >= 4 is 17.3 Å². The predicted octanol–water partition coefficient (Wildman–Crippen LogP) is 1.71. The number of hydrogen-bond donors (Lipinski definition) is 3. The Bertz CT molecular complexity index is 474. The minimum Gasteiger partial charge on any atom is -0.478 e. The lowest BCUT2D eigenvalue weighted by atomic mass is 10.1. The van der Waals surface area contributed by atoms with Crippen molar-refractivity contribution in [3.05, 3.63) is 23.8 Å². The number of carbonyl (C=O) groups is 1. The van der Waals surface area contributed by atoms with Crippen LogP contribution in [0, 0.1) is 0 Å². The Labute approximate surface area is 112 Å². The Morgan fingerprint density at radius 2 is 2.32 bits per heavy atom. The van der Waals surface area contributed by atoms with Crippen LogP contribution in [0.4, 0.5) is 11.4 Å². The van der Waals surface area contributed by atoms with Gasteiger partial charge < -0.3 is 20.8 Å². The number of carboxylic acid groups (broad SMARTS) is 1.